The van der Waals surface area contributed by atoms with E-state index in [2.05, 4.69) is 10.3 Å². The number of aromatic nitrogens is 2. The van der Waals surface area contributed by atoms with Crippen molar-refractivity contribution >= 4 is 50.9 Å². The highest BCUT2D eigenvalue weighted by Crippen LogP contribution is 2.27. The van der Waals surface area contributed by atoms with Gasteiger partial charge in [0.2, 0.25) is 5.91 Å². The van der Waals surface area contributed by atoms with Gasteiger partial charge >= 0.3 is 5.97 Å². The Morgan fingerprint density at radius 1 is 1.28 bits per heavy atom. The number of thiophene rings is 1. The molecule has 2 N–H and O–H groups in total. The molecule has 7 nitrogen and oxygen atoms in total. The van der Waals surface area contributed by atoms with Crippen LogP contribution in [0.3, 0.4) is 0 Å². The van der Waals surface area contributed by atoms with Crippen molar-refractivity contribution < 1.29 is 14.7 Å². The molecule has 0 saturated carbocycles. The van der Waals surface area contributed by atoms with Gasteiger partial charge in [-0.25, -0.2) is 4.98 Å². The first-order chi connectivity index (χ1) is 13.9. The second-order valence-corrected chi connectivity index (χ2v) is 8.59. The molecule has 152 valence electrons. The van der Waals surface area contributed by atoms with E-state index in [1.807, 2.05) is 38.1 Å². The van der Waals surface area contributed by atoms with Crippen LogP contribution in [0.2, 0.25) is 0 Å². The second-order valence-electron chi connectivity index (χ2n) is 6.50. The molecule has 0 bridgehead atoms. The maximum Gasteiger partial charge on any atom is 0.305 e. The third-order valence-corrected chi connectivity index (χ3v) is 6.56. The van der Waals surface area contributed by atoms with Gasteiger partial charge in [-0.2, -0.15) is 0 Å². The van der Waals surface area contributed by atoms with E-state index in [1.165, 1.54) is 27.7 Å². The van der Waals surface area contributed by atoms with E-state index in [-0.39, 0.29) is 24.4 Å². The lowest BCUT2D eigenvalue weighted by Gasteiger charge is -2.17. The summed E-state index contributed by atoms with van der Waals surface area (Å²) in [5.74, 6) is -1.19. The van der Waals surface area contributed by atoms with Gasteiger partial charge in [0, 0.05) is 12.2 Å². The molecular weight excluding hydrogens is 410 g/mol. The average Bonchev–Trinajstić information content (AvgIpc) is 3.16. The first-order valence-electron chi connectivity index (χ1n) is 9.13. The molecule has 0 unspecified atom stereocenters. The predicted molar refractivity (Wildman–Crippen MR) is 116 cm³/mol. The number of benzene rings is 1. The number of amides is 1. The highest BCUT2D eigenvalue weighted by atomic mass is 32.2. The van der Waals surface area contributed by atoms with Crippen LogP contribution < -0.4 is 10.9 Å². The molecule has 0 spiro atoms. The van der Waals surface area contributed by atoms with E-state index in [4.69, 9.17) is 5.11 Å². The number of carbonyl (C=O) groups is 2. The lowest BCUT2D eigenvalue weighted by molar-refractivity contribution is -0.137. The summed E-state index contributed by atoms with van der Waals surface area (Å²) in [6, 6.07) is 9.26. The van der Waals surface area contributed by atoms with Crippen LogP contribution in [0.15, 0.2) is 45.7 Å². The third kappa shape index (κ3) is 5.04. The van der Waals surface area contributed by atoms with E-state index < -0.39 is 11.2 Å². The molecule has 1 amide bonds. The second kappa shape index (κ2) is 9.23. The summed E-state index contributed by atoms with van der Waals surface area (Å²) in [5, 5.41) is 13.6. The van der Waals surface area contributed by atoms with Crippen molar-refractivity contribution in [1.82, 2.24) is 9.55 Å². The van der Waals surface area contributed by atoms with Gasteiger partial charge in [-0.15, -0.1) is 11.3 Å². The molecule has 29 heavy (non-hydrogen) atoms. The van der Waals surface area contributed by atoms with Gasteiger partial charge in [0.1, 0.15) is 4.70 Å². The zero-order valence-corrected chi connectivity index (χ0v) is 17.7. The van der Waals surface area contributed by atoms with Crippen molar-refractivity contribution in [1.29, 1.82) is 0 Å². The number of nitrogens with zero attached hydrogens (tertiary/aromatic N) is 2. The Balaban J connectivity index is 1.88. The van der Waals surface area contributed by atoms with Crippen molar-refractivity contribution in [2.75, 3.05) is 5.32 Å². The summed E-state index contributed by atoms with van der Waals surface area (Å²) in [5.41, 5.74) is 2.08. The fraction of sp³-hybridized carbons (Fsp3) is 0.300. The molecule has 1 aromatic carbocycles. The van der Waals surface area contributed by atoms with Gasteiger partial charge < -0.3 is 10.4 Å². The van der Waals surface area contributed by atoms with Crippen molar-refractivity contribution in [3.63, 3.8) is 0 Å². The monoisotopic (exact) mass is 431 g/mol. The van der Waals surface area contributed by atoms with Crippen LogP contribution >= 0.6 is 23.1 Å². The molecule has 1 atom stereocenters. The molecule has 3 aromatic rings. The Hall–Kier alpha value is -2.65. The minimum absolute atomic E-state index is 0.00730. The van der Waals surface area contributed by atoms with Gasteiger partial charge in [0.15, 0.2) is 5.16 Å². The quantitative estimate of drug-likeness (QED) is 0.416. The number of carboxylic acid groups (broad SMARTS) is 1. The van der Waals surface area contributed by atoms with Crippen LogP contribution in [0.4, 0.5) is 5.69 Å². The molecule has 0 aliphatic carbocycles. The van der Waals surface area contributed by atoms with Crippen molar-refractivity contribution in [3.05, 3.63) is 51.6 Å². The van der Waals surface area contributed by atoms with E-state index in [0.717, 1.165) is 5.56 Å². The Morgan fingerprint density at radius 2 is 2.00 bits per heavy atom. The molecule has 9 heteroatoms. The molecule has 0 fully saturated rings. The van der Waals surface area contributed by atoms with Gasteiger partial charge in [-0.3, -0.25) is 19.0 Å². The topological polar surface area (TPSA) is 101 Å². The minimum atomic E-state index is -0.997. The van der Waals surface area contributed by atoms with Crippen molar-refractivity contribution in [2.45, 2.75) is 43.6 Å². The van der Waals surface area contributed by atoms with Crippen LogP contribution in [0.5, 0.6) is 0 Å². The first-order valence-corrected chi connectivity index (χ1v) is 10.9. The molecule has 0 radical (unpaired) electrons. The zero-order chi connectivity index (χ0) is 21.0. The number of rotatable bonds is 8. The summed E-state index contributed by atoms with van der Waals surface area (Å²) in [6.07, 6.45) is 0.331. The number of thioether (sulfide) groups is 1. The van der Waals surface area contributed by atoms with Crippen LogP contribution in [-0.4, -0.2) is 31.8 Å². The summed E-state index contributed by atoms with van der Waals surface area (Å²) in [6.45, 7) is 3.86. The lowest BCUT2D eigenvalue weighted by atomic mass is 10.2. The highest BCUT2D eigenvalue weighted by molar-refractivity contribution is 8.00. The third-order valence-electron chi connectivity index (χ3n) is 4.31. The Morgan fingerprint density at radius 3 is 2.66 bits per heavy atom. The normalized spacial score (nSPS) is 12.1. The van der Waals surface area contributed by atoms with Gasteiger partial charge in [0.05, 0.1) is 17.2 Å². The summed E-state index contributed by atoms with van der Waals surface area (Å²) >= 11 is 2.45. The van der Waals surface area contributed by atoms with Gasteiger partial charge in [-0.05, 0) is 36.9 Å². The van der Waals surface area contributed by atoms with Gasteiger partial charge in [0.25, 0.3) is 5.56 Å². The molecule has 0 aliphatic heterocycles. The largest absolute Gasteiger partial charge is 0.481 e. The first kappa shape index (κ1) is 21.1. The number of hydrogen-bond donors (Lipinski definition) is 2. The zero-order valence-electron chi connectivity index (χ0n) is 16.0. The number of carbonyl (C=O) groups excluding carboxylic acids is 1. The van der Waals surface area contributed by atoms with Crippen molar-refractivity contribution in [3.8, 4) is 0 Å². The number of anilines is 1. The Bertz CT molecular complexity index is 1090. The minimum Gasteiger partial charge on any atom is -0.481 e. The van der Waals surface area contributed by atoms with Gasteiger partial charge in [-0.1, -0.05) is 36.4 Å². The molecule has 3 rings (SSSR count). The van der Waals surface area contributed by atoms with E-state index in [9.17, 15) is 14.4 Å². The lowest BCUT2D eigenvalue weighted by Crippen LogP contribution is -2.28. The molecule has 0 saturated heterocycles. The highest BCUT2D eigenvalue weighted by Gasteiger charge is 2.22. The number of carboxylic acids is 1. The van der Waals surface area contributed by atoms with Crippen molar-refractivity contribution in [2.24, 2.45) is 0 Å². The molecule has 0 aliphatic rings. The maximum absolute atomic E-state index is 12.8. The smallest absolute Gasteiger partial charge is 0.305 e. The van der Waals surface area contributed by atoms with E-state index in [1.54, 1.807) is 11.4 Å². The Kier molecular flexibility index (Phi) is 6.71. The number of aryl methyl sites for hydroxylation is 1. The van der Waals surface area contributed by atoms with Crippen LogP contribution in [0.1, 0.15) is 25.3 Å². The molecule has 2 heterocycles. The summed E-state index contributed by atoms with van der Waals surface area (Å²) in [4.78, 5) is 41.1. The number of hydrogen-bond acceptors (Lipinski definition) is 6. The summed E-state index contributed by atoms with van der Waals surface area (Å²) in [7, 11) is 0. The number of fused-ring (bicyclic) bond motifs is 1. The average molecular weight is 432 g/mol. The van der Waals surface area contributed by atoms with E-state index in [0.29, 0.717) is 27.5 Å². The number of aliphatic carboxylic acids is 1. The SMILES string of the molecule is CC[C@H](Sc1nc2ccsc2c(=O)n1CCC(=O)O)C(=O)Nc1ccc(C)cc1. The predicted octanol–water partition coefficient (Wildman–Crippen LogP) is 3.75. The molecule has 2 aromatic heterocycles. The van der Waals surface area contributed by atoms with Crippen LogP contribution in [0.25, 0.3) is 10.2 Å². The van der Waals surface area contributed by atoms with E-state index >= 15 is 0 Å². The summed E-state index contributed by atoms with van der Waals surface area (Å²) < 4.78 is 1.84. The maximum atomic E-state index is 12.8. The number of nitrogens with one attached hydrogen (secondary N) is 1. The molecular formula is C20H21N3O4S2. The fourth-order valence-electron chi connectivity index (χ4n) is 2.73. The van der Waals surface area contributed by atoms with Crippen LogP contribution in [-0.2, 0) is 16.1 Å². The van der Waals surface area contributed by atoms with Crippen LogP contribution in [0, 0.1) is 6.92 Å². The Labute approximate surface area is 175 Å². The fourth-order valence-corrected chi connectivity index (χ4v) is 4.55. The standard InChI is InChI=1S/C20H21N3O4S2/c1-3-15(18(26)21-13-6-4-12(2)5-7-13)29-20-22-14-9-11-28-17(14)19(27)23(20)10-8-16(24)25/h4-7,9,11,15H,3,8,10H2,1-2H3,(H,21,26)(H,24,25)/t15-/m0/s1.